The number of carbonyl (C=O) groups excluding carboxylic acids is 4. The van der Waals surface area contributed by atoms with Crippen LogP contribution in [0, 0.1) is 5.92 Å². The molecular formula is C27H30N4O4S. The van der Waals surface area contributed by atoms with E-state index in [0.717, 1.165) is 16.8 Å². The highest BCUT2D eigenvalue weighted by Gasteiger charge is 2.27. The van der Waals surface area contributed by atoms with Crippen molar-refractivity contribution in [2.45, 2.75) is 45.8 Å². The number of rotatable bonds is 11. The second-order valence-electron chi connectivity index (χ2n) is 8.84. The van der Waals surface area contributed by atoms with Crippen molar-refractivity contribution in [2.75, 3.05) is 0 Å². The Morgan fingerprint density at radius 2 is 1.75 bits per heavy atom. The maximum absolute atomic E-state index is 13.0. The van der Waals surface area contributed by atoms with Crippen LogP contribution in [0.3, 0.4) is 0 Å². The first-order valence-electron chi connectivity index (χ1n) is 11.7. The molecule has 188 valence electrons. The lowest BCUT2D eigenvalue weighted by Gasteiger charge is -2.24. The number of amides is 3. The molecule has 0 aliphatic rings. The van der Waals surface area contributed by atoms with Crippen molar-refractivity contribution in [1.82, 2.24) is 20.9 Å². The normalized spacial score (nSPS) is 12.4. The van der Waals surface area contributed by atoms with Crippen LogP contribution in [-0.2, 0) is 20.8 Å². The first-order valence-corrected chi connectivity index (χ1v) is 12.6. The predicted octanol–water partition coefficient (Wildman–Crippen LogP) is 3.34. The molecule has 0 spiro atoms. The summed E-state index contributed by atoms with van der Waals surface area (Å²) in [7, 11) is 0. The third kappa shape index (κ3) is 7.84. The van der Waals surface area contributed by atoms with Gasteiger partial charge < -0.3 is 16.0 Å². The Morgan fingerprint density at radius 3 is 2.39 bits per heavy atom. The summed E-state index contributed by atoms with van der Waals surface area (Å²) in [5.74, 6) is -1.63. The van der Waals surface area contributed by atoms with Crippen molar-refractivity contribution in [3.63, 3.8) is 0 Å². The van der Waals surface area contributed by atoms with Crippen molar-refractivity contribution in [3.05, 3.63) is 76.6 Å². The quantitative estimate of drug-likeness (QED) is 0.345. The maximum atomic E-state index is 13.0. The van der Waals surface area contributed by atoms with Crippen molar-refractivity contribution in [2.24, 2.45) is 5.92 Å². The lowest BCUT2D eigenvalue weighted by molar-refractivity contribution is -0.131. The summed E-state index contributed by atoms with van der Waals surface area (Å²) >= 11 is 1.27. The van der Waals surface area contributed by atoms with E-state index < -0.39 is 29.8 Å². The fourth-order valence-corrected chi connectivity index (χ4v) is 4.22. The van der Waals surface area contributed by atoms with Crippen LogP contribution >= 0.6 is 11.3 Å². The number of benzene rings is 1. The molecule has 2 atom stereocenters. The standard InChI is InChI=1S/C27H30N4O4S/c1-17(2)14-22(29-27(35)23-11-7-13-36-23)26(34)31-25(18(3)32)30-24(33)16-19-8-6-9-20(15-19)21-10-4-5-12-28-21/h4-13,15,17,22,25H,14,16H2,1-3H3,(H,29,35)(H,30,33)(H,31,34)/t22-,25?/m0/s1. The van der Waals surface area contributed by atoms with E-state index in [-0.39, 0.29) is 18.2 Å². The van der Waals surface area contributed by atoms with Crippen LogP contribution in [0.2, 0.25) is 0 Å². The van der Waals surface area contributed by atoms with Crippen LogP contribution in [-0.4, -0.2) is 40.7 Å². The summed E-state index contributed by atoms with van der Waals surface area (Å²) in [6.07, 6.45) is 0.883. The number of carbonyl (C=O) groups is 4. The average molecular weight is 507 g/mol. The van der Waals surface area contributed by atoms with E-state index in [4.69, 9.17) is 0 Å². The topological polar surface area (TPSA) is 117 Å². The van der Waals surface area contributed by atoms with Crippen molar-refractivity contribution in [1.29, 1.82) is 0 Å². The van der Waals surface area contributed by atoms with Gasteiger partial charge in [0.15, 0.2) is 11.9 Å². The van der Waals surface area contributed by atoms with E-state index in [1.54, 1.807) is 23.7 Å². The molecule has 3 rings (SSSR count). The molecule has 8 nitrogen and oxygen atoms in total. The largest absolute Gasteiger partial charge is 0.340 e. The number of pyridine rings is 1. The van der Waals surface area contributed by atoms with Gasteiger partial charge in [-0.25, -0.2) is 0 Å². The van der Waals surface area contributed by atoms with E-state index in [1.807, 2.05) is 56.3 Å². The van der Waals surface area contributed by atoms with Gasteiger partial charge in [-0.1, -0.05) is 44.2 Å². The summed E-state index contributed by atoms with van der Waals surface area (Å²) in [5.41, 5.74) is 2.40. The highest BCUT2D eigenvalue weighted by Crippen LogP contribution is 2.18. The van der Waals surface area contributed by atoms with Crippen LogP contribution in [0.1, 0.15) is 42.4 Å². The number of Topliss-reactive ketones (excluding diaryl/α,β-unsaturated/α-hetero) is 1. The Labute approximate surface area is 214 Å². The summed E-state index contributed by atoms with van der Waals surface area (Å²) < 4.78 is 0. The van der Waals surface area contributed by atoms with E-state index in [2.05, 4.69) is 20.9 Å². The van der Waals surface area contributed by atoms with Gasteiger partial charge in [0.25, 0.3) is 5.91 Å². The zero-order chi connectivity index (χ0) is 26.1. The molecule has 0 fully saturated rings. The summed E-state index contributed by atoms with van der Waals surface area (Å²) in [4.78, 5) is 55.3. The summed E-state index contributed by atoms with van der Waals surface area (Å²) in [6, 6.07) is 15.6. The van der Waals surface area contributed by atoms with Crippen LogP contribution in [0.4, 0.5) is 0 Å². The highest BCUT2D eigenvalue weighted by atomic mass is 32.1. The number of ketones is 1. The van der Waals surface area contributed by atoms with E-state index in [1.165, 1.54) is 18.3 Å². The number of aromatic nitrogens is 1. The minimum atomic E-state index is -1.21. The molecule has 3 aromatic rings. The number of hydrogen-bond donors (Lipinski definition) is 3. The Kier molecular flexibility index (Phi) is 9.46. The van der Waals surface area contributed by atoms with Gasteiger partial charge in [-0.05, 0) is 54.5 Å². The number of thiophene rings is 1. The van der Waals surface area contributed by atoms with Crippen LogP contribution in [0.15, 0.2) is 66.2 Å². The van der Waals surface area contributed by atoms with Crippen molar-refractivity contribution in [3.8, 4) is 11.3 Å². The van der Waals surface area contributed by atoms with Gasteiger partial charge in [0.05, 0.1) is 17.0 Å². The van der Waals surface area contributed by atoms with Gasteiger partial charge >= 0.3 is 0 Å². The van der Waals surface area contributed by atoms with Crippen LogP contribution < -0.4 is 16.0 Å². The minimum Gasteiger partial charge on any atom is -0.340 e. The second-order valence-corrected chi connectivity index (χ2v) is 9.79. The zero-order valence-electron chi connectivity index (χ0n) is 20.5. The van der Waals surface area contributed by atoms with E-state index in [0.29, 0.717) is 11.3 Å². The first kappa shape index (κ1) is 26.7. The third-order valence-electron chi connectivity index (χ3n) is 5.32. The molecule has 0 bridgehead atoms. The molecule has 2 aromatic heterocycles. The van der Waals surface area contributed by atoms with Crippen molar-refractivity contribution < 1.29 is 19.2 Å². The number of hydrogen-bond acceptors (Lipinski definition) is 6. The van der Waals surface area contributed by atoms with Gasteiger partial charge in [-0.3, -0.25) is 24.2 Å². The molecule has 0 aliphatic carbocycles. The maximum Gasteiger partial charge on any atom is 0.261 e. The molecule has 2 heterocycles. The minimum absolute atomic E-state index is 0.0187. The SMILES string of the molecule is CC(=O)C(NC(=O)Cc1cccc(-c2ccccn2)c1)NC(=O)[C@H](CC(C)C)NC(=O)c1cccs1. The van der Waals surface area contributed by atoms with Crippen molar-refractivity contribution >= 4 is 34.8 Å². The molecule has 3 amide bonds. The van der Waals surface area contributed by atoms with Gasteiger partial charge in [-0.2, -0.15) is 0 Å². The zero-order valence-corrected chi connectivity index (χ0v) is 21.3. The Balaban J connectivity index is 1.65. The lowest BCUT2D eigenvalue weighted by Crippen LogP contribution is -2.57. The molecule has 36 heavy (non-hydrogen) atoms. The van der Waals surface area contributed by atoms with E-state index >= 15 is 0 Å². The third-order valence-corrected chi connectivity index (χ3v) is 6.19. The molecule has 3 N–H and O–H groups in total. The fourth-order valence-electron chi connectivity index (χ4n) is 3.59. The first-order chi connectivity index (χ1) is 17.2. The Morgan fingerprint density at radius 1 is 0.944 bits per heavy atom. The molecule has 0 aliphatic heterocycles. The van der Waals surface area contributed by atoms with Gasteiger partial charge in [0.1, 0.15) is 6.04 Å². The number of nitrogens with zero attached hydrogens (tertiary/aromatic N) is 1. The summed E-state index contributed by atoms with van der Waals surface area (Å²) in [5, 5.41) is 9.70. The van der Waals surface area contributed by atoms with Crippen LogP contribution in [0.5, 0.6) is 0 Å². The van der Waals surface area contributed by atoms with Gasteiger partial charge in [-0.15, -0.1) is 11.3 Å². The molecule has 9 heteroatoms. The summed E-state index contributed by atoms with van der Waals surface area (Å²) in [6.45, 7) is 5.15. The van der Waals surface area contributed by atoms with Gasteiger partial charge in [0, 0.05) is 11.8 Å². The molecule has 0 saturated carbocycles. The van der Waals surface area contributed by atoms with E-state index in [9.17, 15) is 19.2 Å². The smallest absolute Gasteiger partial charge is 0.261 e. The molecule has 0 radical (unpaired) electrons. The predicted molar refractivity (Wildman–Crippen MR) is 139 cm³/mol. The molecular weight excluding hydrogens is 476 g/mol. The fraction of sp³-hybridized carbons (Fsp3) is 0.296. The Hall–Kier alpha value is -3.85. The molecule has 0 saturated heterocycles. The lowest BCUT2D eigenvalue weighted by atomic mass is 10.0. The monoisotopic (exact) mass is 506 g/mol. The highest BCUT2D eigenvalue weighted by molar-refractivity contribution is 7.12. The second kappa shape index (κ2) is 12.7. The van der Waals surface area contributed by atoms with Crippen LogP contribution in [0.25, 0.3) is 11.3 Å². The molecule has 1 unspecified atom stereocenters. The average Bonchev–Trinajstić information content (AvgIpc) is 3.39. The Bertz CT molecular complexity index is 1200. The van der Waals surface area contributed by atoms with Gasteiger partial charge in [0.2, 0.25) is 11.8 Å². The number of nitrogens with one attached hydrogen (secondary N) is 3. The molecule has 1 aromatic carbocycles.